The number of benzene rings is 1. The Morgan fingerprint density at radius 3 is 1.88 bits per heavy atom. The van der Waals surface area contributed by atoms with Crippen molar-refractivity contribution in [2.24, 2.45) is 79.7 Å². The number of imidazole rings is 1. The molecule has 6 aliphatic heterocycles. The number of carbonyl (C=O) groups excluding carboxylic acids is 7. The fourth-order valence-corrected chi connectivity index (χ4v) is 17.3. The number of phosphoric acid groups is 1. The van der Waals surface area contributed by atoms with Gasteiger partial charge in [0.15, 0.2) is 6.23 Å². The molecule has 1 aromatic heterocycles. The van der Waals surface area contributed by atoms with Gasteiger partial charge in [0.1, 0.15) is 18.3 Å². The van der Waals surface area contributed by atoms with Gasteiger partial charge < -0.3 is 97.2 Å². The van der Waals surface area contributed by atoms with E-state index < -0.39 is 161 Å². The number of nitrogens with one attached hydrogen (secondary N) is 1. The van der Waals surface area contributed by atoms with Crippen molar-refractivity contribution in [1.82, 2.24) is 10.3 Å². The molecule has 0 saturated carbocycles. The number of aliphatic hydroxyl groups is 2. The molecule has 8 rings (SSSR count). The van der Waals surface area contributed by atoms with Crippen LogP contribution in [-0.2, 0) is 68.7 Å². The van der Waals surface area contributed by atoms with E-state index in [-0.39, 0.29) is 94.0 Å². The van der Waals surface area contributed by atoms with Crippen molar-refractivity contribution in [3.63, 3.8) is 0 Å². The van der Waals surface area contributed by atoms with Crippen LogP contribution in [0.3, 0.4) is 0 Å². The van der Waals surface area contributed by atoms with Gasteiger partial charge in [-0.2, -0.15) is 17.1 Å². The van der Waals surface area contributed by atoms with Crippen molar-refractivity contribution in [1.29, 1.82) is 5.26 Å². The van der Waals surface area contributed by atoms with Crippen molar-refractivity contribution in [2.75, 3.05) is 13.2 Å². The van der Waals surface area contributed by atoms with E-state index in [0.29, 0.717) is 39.3 Å². The molecule has 1 aromatic carbocycles. The first kappa shape index (κ1) is 75.6. The predicted octanol–water partition coefficient (Wildman–Crippen LogP) is 3.99. The zero-order valence-electron chi connectivity index (χ0n) is 54.7. The first-order valence-electron chi connectivity index (χ1n) is 31.1. The second-order valence-electron chi connectivity index (χ2n) is 27.5. The van der Waals surface area contributed by atoms with E-state index in [9.17, 15) is 53.2 Å². The van der Waals surface area contributed by atoms with Crippen LogP contribution in [0.1, 0.15) is 150 Å². The molecule has 517 valence electrons. The Labute approximate surface area is 553 Å². The van der Waals surface area contributed by atoms with Crippen LogP contribution in [0.25, 0.3) is 32.3 Å². The van der Waals surface area contributed by atoms with Gasteiger partial charge in [0.2, 0.25) is 41.4 Å². The third kappa shape index (κ3) is 14.8. The summed E-state index contributed by atoms with van der Waals surface area (Å²) in [6.07, 6.45) is -3.96. The minimum absolute atomic E-state index is 0. The molecule has 5 saturated heterocycles. The smallest absolute Gasteiger partial charge is 0.472 e. The van der Waals surface area contributed by atoms with Crippen LogP contribution in [0, 0.1) is 71.0 Å². The standard InChI is InChI=1S/C62H92N13O14P.CN.Co/c1-29-20-39-40(21-30(29)2)75(28-70-39)57-52(84)53(41(27-76)87-57)89-90(85,86)88-31(3)26-69-49(83)18-19-59(8)37(22-46(66)80)56-62(11)61(10,25-48(68)82)36(14-17-45(65)79)51(74-62)33(5)55-60(9,24-47(67)81)34(12-15-43(63)77)38(71-55)23-42-58(6,7)35(13-16-44(64)78)50(72-42)32(4)54(59)73-56;1-2;/h20-21,23,28,31,34-38,41,50-53,56-57,76,84H,12-19,22,24-27H2,1-11H3,(H14,63,64,65,66,67,68,69,77,78,79,80,81,82,83,85,86);;/q-4;-1;/b42-23-,54-32-,55-33-;;/t31-,34-,35-,36-,37+,38?,41-,50?,51?,52-,53-,56?,57+,59-,60+,61+,62+;;/m1../s1. The summed E-state index contributed by atoms with van der Waals surface area (Å²) in [5.41, 5.74) is 36.2. The number of hydrogen-bond donors (Lipinski definition) is 10. The maximum absolute atomic E-state index is 14.4. The van der Waals surface area contributed by atoms with Gasteiger partial charge >= 0.3 is 7.82 Å². The van der Waals surface area contributed by atoms with Crippen molar-refractivity contribution < 1.29 is 88.4 Å². The molecule has 7 amide bonds. The Kier molecular flexibility index (Phi) is 23.5. The zero-order valence-corrected chi connectivity index (χ0v) is 56.7. The van der Waals surface area contributed by atoms with E-state index in [0.717, 1.165) is 11.1 Å². The Bertz CT molecular complexity index is 3390. The topological polar surface area (TPSA) is 491 Å². The van der Waals surface area contributed by atoms with Gasteiger partial charge in [0.25, 0.3) is 0 Å². The van der Waals surface area contributed by atoms with Crippen LogP contribution in [0.5, 0.6) is 0 Å². The maximum Gasteiger partial charge on any atom is 0.472 e. The fraction of sp³-hybridized carbons (Fsp3) is 0.667. The zero-order chi connectivity index (χ0) is 68.7. The van der Waals surface area contributed by atoms with E-state index in [2.05, 4.69) is 10.3 Å². The van der Waals surface area contributed by atoms with Crippen LogP contribution < -0.4 is 49.3 Å². The third-order valence-corrected chi connectivity index (χ3v) is 22.3. The molecule has 28 nitrogen and oxygen atoms in total. The first-order valence-corrected chi connectivity index (χ1v) is 32.6. The Morgan fingerprint density at radius 2 is 1.31 bits per heavy atom. The normalized spacial score (nSPS) is 35.5. The number of nitrogens with two attached hydrogens (primary N) is 6. The van der Waals surface area contributed by atoms with Gasteiger partial charge in [0.05, 0.1) is 30.1 Å². The summed E-state index contributed by atoms with van der Waals surface area (Å²) >= 11 is 0. The monoisotopic (exact) mass is 1360 g/mol. The number of aryl methyl sites for hydroxylation is 2. The largest absolute Gasteiger partial charge is 0.685 e. The summed E-state index contributed by atoms with van der Waals surface area (Å²) in [6, 6.07) is 0.417. The molecule has 0 spiro atoms. The number of nitrogens with zero attached hydrogens (tertiary/aromatic N) is 7. The molecule has 7 heterocycles. The Morgan fingerprint density at radius 1 is 0.753 bits per heavy atom. The summed E-state index contributed by atoms with van der Waals surface area (Å²) in [7, 11) is -5.06. The number of hydrogen-bond acceptors (Lipinski definition) is 14. The second-order valence-corrected chi connectivity index (χ2v) is 28.9. The van der Waals surface area contributed by atoms with Gasteiger partial charge in [-0.3, -0.25) is 42.6 Å². The van der Waals surface area contributed by atoms with Crippen molar-refractivity contribution in [2.45, 2.75) is 207 Å². The summed E-state index contributed by atoms with van der Waals surface area (Å²) in [5.74, 6) is -6.86. The van der Waals surface area contributed by atoms with E-state index in [1.807, 2.05) is 87.4 Å². The molecule has 16 N–H and O–H groups in total. The number of rotatable bonds is 26. The summed E-state index contributed by atoms with van der Waals surface area (Å²) < 4.78 is 32.3. The van der Waals surface area contributed by atoms with E-state index in [4.69, 9.17) is 81.3 Å². The van der Waals surface area contributed by atoms with Crippen molar-refractivity contribution >= 4 is 60.2 Å². The van der Waals surface area contributed by atoms with Crippen molar-refractivity contribution in [3.8, 4) is 0 Å². The van der Waals surface area contributed by atoms with Crippen LogP contribution >= 0.6 is 7.82 Å². The van der Waals surface area contributed by atoms with Crippen LogP contribution in [0.4, 0.5) is 0 Å². The number of fused-ring (bicyclic) bond motifs is 10. The van der Waals surface area contributed by atoms with Gasteiger partial charge in [-0.1, -0.05) is 53.6 Å². The second kappa shape index (κ2) is 28.9. The third-order valence-electron chi connectivity index (χ3n) is 21.2. The SMILES string of the molecule is C/C1=C2/[N-]C([C@H](CC(N)=O)[C@@]2(C)CCC(=O)NC[C@@H](C)OP(=O)(O)O[C@H]2[C@@H](O)[C@@H]([n+]3c[n-]c4cc(C)c(C)cc43)O[C@@H]2CO)[C@]2(C)[N-]C(/C(C)=C3\[N-]C(/C=C4\[N-]C1[C@@H](CCC(N)=O)C4(C)C)[C@@H](CCC(N)=O)[C@]3(C)CC(N)=O)[C@@H](CCC(N)=O)[C@]2(C)CC(N)=O.[C-]#N.[Co]. The number of aliphatic hydroxyl groups excluding tert-OH is 2. The van der Waals surface area contributed by atoms with Gasteiger partial charge in [-0.25, -0.2) is 9.55 Å². The molecular weight excluding hydrogens is 1270 g/mol. The van der Waals surface area contributed by atoms with Crippen LogP contribution in [0.15, 0.2) is 52.8 Å². The molecule has 2 aromatic rings. The molecule has 93 heavy (non-hydrogen) atoms. The quantitative estimate of drug-likeness (QED) is 0.0361. The fourth-order valence-electron chi connectivity index (χ4n) is 16.1. The van der Waals surface area contributed by atoms with Crippen LogP contribution in [-0.4, -0.2) is 124 Å². The number of ether oxygens (including phenoxy) is 1. The average Bonchev–Trinajstić information content (AvgIpc) is 1.53. The Balaban J connectivity index is 0.00000453. The summed E-state index contributed by atoms with van der Waals surface area (Å²) in [6.45, 7) is 24.2. The molecule has 1 radical (unpaired) electrons. The molecule has 5 unspecified atom stereocenters. The molecule has 30 heteroatoms. The van der Waals surface area contributed by atoms with E-state index >= 15 is 0 Å². The molecule has 0 aliphatic carbocycles. The number of aromatic nitrogens is 2. The number of phosphoric ester groups is 1. The summed E-state index contributed by atoms with van der Waals surface area (Å²) in [4.78, 5) is 109. The minimum Gasteiger partial charge on any atom is -0.685 e. The maximum atomic E-state index is 14.4. The van der Waals surface area contributed by atoms with E-state index in [1.54, 1.807) is 4.57 Å². The van der Waals surface area contributed by atoms with Crippen LogP contribution in [0.2, 0.25) is 0 Å². The molecule has 8 bridgehead atoms. The average molecular weight is 1360 g/mol. The minimum atomic E-state index is -5.06. The van der Waals surface area contributed by atoms with Crippen molar-refractivity contribution in [3.05, 3.63) is 91.7 Å². The molecule has 5 fully saturated rings. The van der Waals surface area contributed by atoms with Gasteiger partial charge in [-0.05, 0) is 129 Å². The number of amides is 7. The summed E-state index contributed by atoms with van der Waals surface area (Å²) in [5, 5.41) is 53.2. The Hall–Kier alpha value is -6.45. The number of primary amides is 6. The predicted molar refractivity (Wildman–Crippen MR) is 336 cm³/mol. The van der Waals surface area contributed by atoms with E-state index in [1.165, 1.54) is 13.3 Å². The number of carbonyl (C=O) groups is 7. The van der Waals surface area contributed by atoms with Gasteiger partial charge in [-0.15, -0.1) is 34.8 Å². The molecule has 18 atom stereocenters. The molecule has 6 aliphatic rings. The number of allylic oxidation sites excluding steroid dienone is 3. The first-order chi connectivity index (χ1) is 42.8. The molecular formula is C63H92CoN14O14P-5. The van der Waals surface area contributed by atoms with Gasteiger partial charge in [0, 0.05) is 68.3 Å².